The topological polar surface area (TPSA) is 64.0 Å². The van der Waals surface area contributed by atoms with Gasteiger partial charge in [0, 0.05) is 18.4 Å². The van der Waals surface area contributed by atoms with Gasteiger partial charge in [-0.2, -0.15) is 4.37 Å². The molecule has 0 radical (unpaired) electrons. The van der Waals surface area contributed by atoms with Crippen LogP contribution >= 0.6 is 11.5 Å². The van der Waals surface area contributed by atoms with Crippen molar-refractivity contribution in [1.29, 1.82) is 0 Å². The summed E-state index contributed by atoms with van der Waals surface area (Å²) >= 11 is 1.32. The van der Waals surface area contributed by atoms with Gasteiger partial charge in [0.15, 0.2) is 10.8 Å². The smallest absolute Gasteiger partial charge is 0.190 e. The van der Waals surface area contributed by atoms with Crippen molar-refractivity contribution >= 4 is 17.2 Å². The molecular formula is C25H23N5OS. The Morgan fingerprint density at radius 3 is 2.38 bits per heavy atom. The molecule has 0 saturated carbocycles. The Morgan fingerprint density at radius 1 is 0.969 bits per heavy atom. The van der Waals surface area contributed by atoms with E-state index in [1.165, 1.54) is 39.5 Å². The van der Waals surface area contributed by atoms with Gasteiger partial charge in [-0.1, -0.05) is 42.0 Å². The molecule has 1 fully saturated rings. The largest absolute Gasteiger partial charge is 0.379 e. The third-order valence-electron chi connectivity index (χ3n) is 6.58. The first kappa shape index (κ1) is 19.5. The number of nitrogens with zero attached hydrogens (tertiary/aromatic N) is 5. The lowest BCUT2D eigenvalue weighted by Crippen LogP contribution is -2.47. The Labute approximate surface area is 191 Å². The lowest BCUT2D eigenvalue weighted by molar-refractivity contribution is -0.0379. The van der Waals surface area contributed by atoms with Crippen LogP contribution in [0.5, 0.6) is 0 Å². The molecule has 160 valence electrons. The Kier molecular flexibility index (Phi) is 4.73. The molecule has 0 bridgehead atoms. The fraction of sp³-hybridized carbons (Fsp3) is 0.280. The van der Waals surface area contributed by atoms with Gasteiger partial charge in [-0.15, -0.1) is 0 Å². The van der Waals surface area contributed by atoms with E-state index in [0.717, 1.165) is 43.4 Å². The maximum Gasteiger partial charge on any atom is 0.190 e. The molecule has 0 aliphatic carbocycles. The summed E-state index contributed by atoms with van der Waals surface area (Å²) in [7, 11) is 0. The fourth-order valence-corrected chi connectivity index (χ4v) is 5.04. The molecule has 2 aliphatic rings. The Hall–Kier alpha value is -3.16. The van der Waals surface area contributed by atoms with Crippen LogP contribution < -0.4 is 4.90 Å². The van der Waals surface area contributed by atoms with E-state index in [4.69, 9.17) is 9.72 Å². The highest BCUT2D eigenvalue weighted by Crippen LogP contribution is 2.40. The number of hydrogen-bond acceptors (Lipinski definition) is 7. The molecular weight excluding hydrogens is 418 g/mol. The number of aryl methyl sites for hydroxylation is 1. The first-order chi connectivity index (χ1) is 15.7. The van der Waals surface area contributed by atoms with E-state index in [0.29, 0.717) is 5.82 Å². The molecule has 2 aromatic heterocycles. The van der Waals surface area contributed by atoms with Crippen LogP contribution in [0.4, 0.5) is 5.69 Å². The molecule has 0 N–H and O–H groups in total. The summed E-state index contributed by atoms with van der Waals surface area (Å²) in [5.74, 6) is 0.661. The summed E-state index contributed by atoms with van der Waals surface area (Å²) in [6.07, 6.45) is 4.43. The summed E-state index contributed by atoms with van der Waals surface area (Å²) < 4.78 is 9.74. The van der Waals surface area contributed by atoms with Gasteiger partial charge < -0.3 is 9.64 Å². The van der Waals surface area contributed by atoms with E-state index in [1.54, 1.807) is 6.33 Å². The zero-order valence-corrected chi connectivity index (χ0v) is 18.7. The predicted octanol–water partition coefficient (Wildman–Crippen LogP) is 4.18. The van der Waals surface area contributed by atoms with Crippen LogP contribution in [-0.2, 0) is 23.1 Å². The summed E-state index contributed by atoms with van der Waals surface area (Å²) in [6.45, 7) is 5.33. The maximum absolute atomic E-state index is 5.67. The average Bonchev–Trinajstić information content (AvgIpc) is 3.34. The lowest BCUT2D eigenvalue weighted by Gasteiger charge is -2.43. The monoisotopic (exact) mass is 441 g/mol. The van der Waals surface area contributed by atoms with Gasteiger partial charge >= 0.3 is 0 Å². The van der Waals surface area contributed by atoms with Crippen LogP contribution in [0.3, 0.4) is 0 Å². The molecule has 6 rings (SSSR count). The Morgan fingerprint density at radius 2 is 1.72 bits per heavy atom. The number of aromatic nitrogens is 4. The molecule has 0 atom stereocenters. The highest BCUT2D eigenvalue weighted by atomic mass is 32.1. The number of fused-ring (bicyclic) bond motifs is 1. The first-order valence-electron chi connectivity index (χ1n) is 10.8. The Bertz CT molecular complexity index is 1230. The zero-order valence-electron chi connectivity index (χ0n) is 17.9. The summed E-state index contributed by atoms with van der Waals surface area (Å²) in [5.41, 5.74) is 7.40. The molecule has 6 nitrogen and oxygen atoms in total. The van der Waals surface area contributed by atoms with Gasteiger partial charge in [0.05, 0.1) is 30.9 Å². The van der Waals surface area contributed by atoms with Crippen molar-refractivity contribution in [2.75, 3.05) is 24.7 Å². The standard InChI is InChI=1S/C25H23N5OS/c1-17-2-4-19(5-3-17)25(14-31-15-25)20-6-8-21(9-7-20)30-11-10-18-12-26-23(29-22(18)13-30)24-27-16-28-32-24/h2-9,12,16H,10-11,13-15H2,1H3. The molecule has 0 amide bonds. The summed E-state index contributed by atoms with van der Waals surface area (Å²) in [4.78, 5) is 15.9. The number of anilines is 1. The fourth-order valence-electron chi connectivity index (χ4n) is 4.57. The molecule has 1 saturated heterocycles. The predicted molar refractivity (Wildman–Crippen MR) is 125 cm³/mol. The van der Waals surface area contributed by atoms with Gasteiger partial charge in [0.1, 0.15) is 6.33 Å². The SMILES string of the molecule is Cc1ccc(C2(c3ccc(N4CCc5cnc(-c6ncns6)nc5C4)cc3)COC2)cc1. The normalized spacial score (nSPS) is 17.0. The van der Waals surface area contributed by atoms with E-state index in [-0.39, 0.29) is 5.41 Å². The third-order valence-corrected chi connectivity index (χ3v) is 7.25. The molecule has 2 aromatic carbocycles. The minimum Gasteiger partial charge on any atom is -0.379 e. The molecule has 4 heterocycles. The molecule has 0 spiro atoms. The second-order valence-corrected chi connectivity index (χ2v) is 9.35. The molecule has 32 heavy (non-hydrogen) atoms. The average molecular weight is 442 g/mol. The van der Waals surface area contributed by atoms with Crippen LogP contribution in [0.1, 0.15) is 27.9 Å². The lowest BCUT2D eigenvalue weighted by atomic mass is 9.73. The highest BCUT2D eigenvalue weighted by Gasteiger charge is 2.42. The minimum absolute atomic E-state index is 0.0371. The molecule has 0 unspecified atom stereocenters. The van der Waals surface area contributed by atoms with Gasteiger partial charge in [-0.05, 0) is 53.7 Å². The number of rotatable bonds is 4. The molecule has 2 aliphatic heterocycles. The van der Waals surface area contributed by atoms with Crippen molar-refractivity contribution in [3.05, 3.63) is 89.0 Å². The number of benzene rings is 2. The van der Waals surface area contributed by atoms with Crippen molar-refractivity contribution in [2.24, 2.45) is 0 Å². The van der Waals surface area contributed by atoms with E-state index >= 15 is 0 Å². The quantitative estimate of drug-likeness (QED) is 0.473. The number of ether oxygens (including phenoxy) is 1. The van der Waals surface area contributed by atoms with Crippen molar-refractivity contribution in [1.82, 2.24) is 19.3 Å². The maximum atomic E-state index is 5.67. The van der Waals surface area contributed by atoms with Gasteiger partial charge in [-0.3, -0.25) is 0 Å². The molecule has 7 heteroatoms. The van der Waals surface area contributed by atoms with E-state index in [9.17, 15) is 0 Å². The van der Waals surface area contributed by atoms with Crippen LogP contribution in [0, 0.1) is 6.92 Å². The second-order valence-electron chi connectivity index (χ2n) is 8.57. The van der Waals surface area contributed by atoms with E-state index in [2.05, 4.69) is 74.7 Å². The Balaban J connectivity index is 1.25. The van der Waals surface area contributed by atoms with Crippen LogP contribution in [0.25, 0.3) is 10.8 Å². The van der Waals surface area contributed by atoms with E-state index < -0.39 is 0 Å². The third kappa shape index (κ3) is 3.29. The van der Waals surface area contributed by atoms with Crippen molar-refractivity contribution in [3.8, 4) is 10.8 Å². The highest BCUT2D eigenvalue weighted by molar-refractivity contribution is 7.08. The van der Waals surface area contributed by atoms with Crippen molar-refractivity contribution in [2.45, 2.75) is 25.3 Å². The van der Waals surface area contributed by atoms with Crippen LogP contribution in [-0.4, -0.2) is 39.1 Å². The van der Waals surface area contributed by atoms with Gasteiger partial charge in [0.2, 0.25) is 0 Å². The molecule has 4 aromatic rings. The van der Waals surface area contributed by atoms with Gasteiger partial charge in [-0.25, -0.2) is 15.0 Å². The zero-order chi connectivity index (χ0) is 21.5. The first-order valence-corrected chi connectivity index (χ1v) is 11.6. The number of hydrogen-bond donors (Lipinski definition) is 0. The van der Waals surface area contributed by atoms with Gasteiger partial charge in [0.25, 0.3) is 0 Å². The van der Waals surface area contributed by atoms with Crippen LogP contribution in [0.15, 0.2) is 61.1 Å². The van der Waals surface area contributed by atoms with Crippen molar-refractivity contribution < 1.29 is 4.74 Å². The summed E-state index contributed by atoms with van der Waals surface area (Å²) in [5, 5.41) is 0.762. The minimum atomic E-state index is -0.0371. The van der Waals surface area contributed by atoms with Crippen molar-refractivity contribution in [3.63, 3.8) is 0 Å². The summed E-state index contributed by atoms with van der Waals surface area (Å²) in [6, 6.07) is 17.9. The second kappa shape index (κ2) is 7.76. The van der Waals surface area contributed by atoms with Crippen LogP contribution in [0.2, 0.25) is 0 Å². The van der Waals surface area contributed by atoms with E-state index in [1.807, 2.05) is 6.20 Å².